The molecular weight excluding hydrogens is 306 g/mol. The van der Waals surface area contributed by atoms with Gasteiger partial charge in [0.05, 0.1) is 6.17 Å². The van der Waals surface area contributed by atoms with Crippen molar-refractivity contribution in [1.29, 1.82) is 0 Å². The van der Waals surface area contributed by atoms with E-state index in [1.165, 1.54) is 109 Å². The van der Waals surface area contributed by atoms with E-state index in [0.717, 1.165) is 19.5 Å². The molecular formula is C22H49N3. The van der Waals surface area contributed by atoms with Crippen LogP contribution in [-0.4, -0.2) is 19.3 Å². The zero-order valence-corrected chi connectivity index (χ0v) is 17.4. The van der Waals surface area contributed by atoms with Gasteiger partial charge in [-0.3, -0.25) is 0 Å². The van der Waals surface area contributed by atoms with Crippen LogP contribution in [0, 0.1) is 0 Å². The number of hydrogen-bond acceptors (Lipinski definition) is 3. The molecule has 3 nitrogen and oxygen atoms in total. The molecule has 152 valence electrons. The second-order valence-electron chi connectivity index (χ2n) is 7.79. The molecule has 0 radical (unpaired) electrons. The molecule has 0 aromatic carbocycles. The van der Waals surface area contributed by atoms with E-state index in [9.17, 15) is 0 Å². The van der Waals surface area contributed by atoms with Gasteiger partial charge in [0.15, 0.2) is 0 Å². The Morgan fingerprint density at radius 3 is 1.56 bits per heavy atom. The van der Waals surface area contributed by atoms with Gasteiger partial charge in [-0.2, -0.15) is 0 Å². The van der Waals surface area contributed by atoms with Gasteiger partial charge in [-0.25, -0.2) is 0 Å². The summed E-state index contributed by atoms with van der Waals surface area (Å²) in [5.41, 5.74) is 11.7. The SMILES string of the molecule is CCCCCCCCCC(N)NCCCCCCCCCCCCN. The van der Waals surface area contributed by atoms with Crippen LogP contribution in [-0.2, 0) is 0 Å². The van der Waals surface area contributed by atoms with E-state index in [1.807, 2.05) is 0 Å². The Morgan fingerprint density at radius 1 is 0.600 bits per heavy atom. The Kier molecular flexibility index (Phi) is 21.8. The highest BCUT2D eigenvalue weighted by Crippen LogP contribution is 2.11. The summed E-state index contributed by atoms with van der Waals surface area (Å²) >= 11 is 0. The van der Waals surface area contributed by atoms with E-state index in [0.29, 0.717) is 0 Å². The summed E-state index contributed by atoms with van der Waals surface area (Å²) in [6, 6.07) is 0. The normalized spacial score (nSPS) is 12.6. The van der Waals surface area contributed by atoms with E-state index < -0.39 is 0 Å². The van der Waals surface area contributed by atoms with Gasteiger partial charge in [0.1, 0.15) is 0 Å². The smallest absolute Gasteiger partial charge is 0.0546 e. The van der Waals surface area contributed by atoms with Crippen LogP contribution in [0.5, 0.6) is 0 Å². The van der Waals surface area contributed by atoms with Crippen molar-refractivity contribution in [3.05, 3.63) is 0 Å². The molecule has 0 amide bonds. The molecule has 3 heteroatoms. The predicted octanol–water partition coefficient (Wildman–Crippen LogP) is 5.86. The lowest BCUT2D eigenvalue weighted by Crippen LogP contribution is -2.37. The van der Waals surface area contributed by atoms with Crippen molar-refractivity contribution >= 4 is 0 Å². The van der Waals surface area contributed by atoms with Gasteiger partial charge in [0.2, 0.25) is 0 Å². The van der Waals surface area contributed by atoms with Crippen molar-refractivity contribution in [2.24, 2.45) is 11.5 Å². The van der Waals surface area contributed by atoms with Crippen molar-refractivity contribution in [3.8, 4) is 0 Å². The molecule has 1 atom stereocenters. The summed E-state index contributed by atoms with van der Waals surface area (Å²) in [5.74, 6) is 0. The van der Waals surface area contributed by atoms with Gasteiger partial charge >= 0.3 is 0 Å². The Hall–Kier alpha value is -0.120. The zero-order valence-electron chi connectivity index (χ0n) is 17.4. The topological polar surface area (TPSA) is 64.1 Å². The average molecular weight is 356 g/mol. The molecule has 0 aliphatic carbocycles. The fourth-order valence-electron chi connectivity index (χ4n) is 3.39. The largest absolute Gasteiger partial charge is 0.330 e. The van der Waals surface area contributed by atoms with Crippen molar-refractivity contribution in [1.82, 2.24) is 5.32 Å². The van der Waals surface area contributed by atoms with Gasteiger partial charge in [-0.05, 0) is 32.4 Å². The second-order valence-corrected chi connectivity index (χ2v) is 7.79. The van der Waals surface area contributed by atoms with Crippen LogP contribution in [0.2, 0.25) is 0 Å². The summed E-state index contributed by atoms with van der Waals surface area (Å²) in [4.78, 5) is 0. The summed E-state index contributed by atoms with van der Waals surface area (Å²) in [5, 5.41) is 3.49. The van der Waals surface area contributed by atoms with Crippen molar-refractivity contribution in [3.63, 3.8) is 0 Å². The maximum atomic E-state index is 6.15. The third kappa shape index (κ3) is 21.8. The minimum Gasteiger partial charge on any atom is -0.330 e. The molecule has 0 saturated carbocycles. The van der Waals surface area contributed by atoms with Crippen LogP contribution < -0.4 is 16.8 Å². The first kappa shape index (κ1) is 24.9. The van der Waals surface area contributed by atoms with Gasteiger partial charge in [0.25, 0.3) is 0 Å². The number of rotatable bonds is 21. The Bertz CT molecular complexity index is 233. The molecule has 0 rings (SSSR count). The monoisotopic (exact) mass is 355 g/mol. The zero-order chi connectivity index (χ0) is 18.4. The molecule has 1 unspecified atom stereocenters. The van der Waals surface area contributed by atoms with Gasteiger partial charge in [-0.1, -0.05) is 103 Å². The first-order valence-corrected chi connectivity index (χ1v) is 11.5. The number of hydrogen-bond donors (Lipinski definition) is 3. The fourth-order valence-corrected chi connectivity index (χ4v) is 3.39. The molecule has 0 aliphatic heterocycles. The average Bonchev–Trinajstić information content (AvgIpc) is 2.62. The first-order chi connectivity index (χ1) is 12.3. The van der Waals surface area contributed by atoms with Crippen molar-refractivity contribution < 1.29 is 0 Å². The standard InChI is InChI=1S/C22H49N3/c1-2-3-4-5-10-13-16-19-22(24)25-21-18-15-12-9-7-6-8-11-14-17-20-23/h22,25H,2-21,23-24H2,1H3. The summed E-state index contributed by atoms with van der Waals surface area (Å²) in [6.45, 7) is 4.23. The number of unbranched alkanes of at least 4 members (excludes halogenated alkanes) is 15. The van der Waals surface area contributed by atoms with E-state index >= 15 is 0 Å². The van der Waals surface area contributed by atoms with Crippen molar-refractivity contribution in [2.45, 2.75) is 129 Å². The van der Waals surface area contributed by atoms with Crippen LogP contribution in [0.1, 0.15) is 122 Å². The maximum Gasteiger partial charge on any atom is 0.0546 e. The summed E-state index contributed by atoms with van der Waals surface area (Å²) in [7, 11) is 0. The van der Waals surface area contributed by atoms with Crippen LogP contribution in [0.25, 0.3) is 0 Å². The summed E-state index contributed by atoms with van der Waals surface area (Å²) in [6.07, 6.45) is 24.5. The molecule has 5 N–H and O–H groups in total. The fraction of sp³-hybridized carbons (Fsp3) is 1.00. The van der Waals surface area contributed by atoms with Crippen molar-refractivity contribution in [2.75, 3.05) is 13.1 Å². The molecule has 0 spiro atoms. The maximum absolute atomic E-state index is 6.15. The third-order valence-corrected chi connectivity index (χ3v) is 5.16. The Labute approximate surface area is 159 Å². The lowest BCUT2D eigenvalue weighted by Gasteiger charge is -2.13. The van der Waals surface area contributed by atoms with Crippen LogP contribution in [0.3, 0.4) is 0 Å². The number of nitrogens with two attached hydrogens (primary N) is 2. The number of nitrogens with one attached hydrogen (secondary N) is 1. The highest BCUT2D eigenvalue weighted by molar-refractivity contribution is 4.60. The Balaban J connectivity index is 3.11. The minimum absolute atomic E-state index is 0.212. The molecule has 0 aromatic heterocycles. The molecule has 0 heterocycles. The van der Waals surface area contributed by atoms with E-state index in [-0.39, 0.29) is 6.17 Å². The first-order valence-electron chi connectivity index (χ1n) is 11.5. The van der Waals surface area contributed by atoms with Gasteiger partial charge < -0.3 is 16.8 Å². The molecule has 25 heavy (non-hydrogen) atoms. The van der Waals surface area contributed by atoms with E-state index in [2.05, 4.69) is 12.2 Å². The summed E-state index contributed by atoms with van der Waals surface area (Å²) < 4.78 is 0. The lowest BCUT2D eigenvalue weighted by atomic mass is 10.1. The third-order valence-electron chi connectivity index (χ3n) is 5.16. The second kappa shape index (κ2) is 21.9. The lowest BCUT2D eigenvalue weighted by molar-refractivity contribution is 0.450. The quantitative estimate of drug-likeness (QED) is 0.178. The van der Waals surface area contributed by atoms with Crippen LogP contribution in [0.15, 0.2) is 0 Å². The van der Waals surface area contributed by atoms with Gasteiger partial charge in [0, 0.05) is 0 Å². The molecule has 0 aromatic rings. The highest BCUT2D eigenvalue weighted by Gasteiger charge is 2.01. The molecule has 0 fully saturated rings. The van der Waals surface area contributed by atoms with E-state index in [1.54, 1.807) is 0 Å². The van der Waals surface area contributed by atoms with E-state index in [4.69, 9.17) is 11.5 Å². The van der Waals surface area contributed by atoms with Gasteiger partial charge in [-0.15, -0.1) is 0 Å². The van der Waals surface area contributed by atoms with Crippen LogP contribution >= 0.6 is 0 Å². The predicted molar refractivity (Wildman–Crippen MR) is 114 cm³/mol. The molecule has 0 aliphatic rings. The highest BCUT2D eigenvalue weighted by atomic mass is 15.0. The molecule has 0 bridgehead atoms. The molecule has 0 saturated heterocycles. The van der Waals surface area contributed by atoms with Crippen LogP contribution in [0.4, 0.5) is 0 Å². The minimum atomic E-state index is 0.212. The Morgan fingerprint density at radius 2 is 1.04 bits per heavy atom.